The molecule has 284 valence electrons. The van der Waals surface area contributed by atoms with Crippen molar-refractivity contribution in [2.75, 3.05) is 0 Å². The summed E-state index contributed by atoms with van der Waals surface area (Å²) < 4.78 is 12.2. The standard InChI is InChI=1S/C45H62O7/c1-26(2)35-31(46)24-45(39(49)50)22-21-43(8)28(36(35)45)15-16-33-42(7)19-18-34(41(5,6)32(42)17-20-44(33,43)9)52-38(48)30-23-29(40(30,3)4)37(47)51-25-27-13-11-10-12-14-27/h10-14,26,28-30,32-34H,15-25H2,1-9H3,(H,49,50)/t28-,29+,30-,32+,33-,34+,42+,43-,44-,45?/m1/s1. The highest BCUT2D eigenvalue weighted by molar-refractivity contribution is 6.05. The Morgan fingerprint density at radius 1 is 0.788 bits per heavy atom. The van der Waals surface area contributed by atoms with Crippen LogP contribution in [-0.2, 0) is 35.3 Å². The molecule has 0 heterocycles. The van der Waals surface area contributed by atoms with Crippen LogP contribution in [0.1, 0.15) is 132 Å². The van der Waals surface area contributed by atoms with Crippen LogP contribution >= 0.6 is 0 Å². The van der Waals surface area contributed by atoms with Crippen molar-refractivity contribution in [3.05, 3.63) is 47.0 Å². The Bertz CT molecular complexity index is 1690. The minimum atomic E-state index is -1.04. The molecule has 0 amide bonds. The third kappa shape index (κ3) is 5.08. The number of benzene rings is 1. The summed E-state index contributed by atoms with van der Waals surface area (Å²) in [7, 11) is 0. The first-order valence-electron chi connectivity index (χ1n) is 20.2. The maximum Gasteiger partial charge on any atom is 0.314 e. The Kier molecular flexibility index (Phi) is 8.82. The number of ketones is 1. The second-order valence-corrected chi connectivity index (χ2v) is 20.1. The number of ether oxygens (including phenoxy) is 2. The molecule has 1 N–H and O–H groups in total. The number of carbonyl (C=O) groups is 4. The number of carboxylic acids is 1. The van der Waals surface area contributed by atoms with E-state index < -0.39 is 16.8 Å². The number of fused-ring (bicyclic) bond motifs is 7. The number of esters is 2. The summed E-state index contributed by atoms with van der Waals surface area (Å²) in [6, 6.07) is 9.67. The van der Waals surface area contributed by atoms with Gasteiger partial charge in [-0.25, -0.2) is 0 Å². The average Bonchev–Trinajstić information content (AvgIpc) is 3.39. The van der Waals surface area contributed by atoms with Gasteiger partial charge in [-0.2, -0.15) is 0 Å². The highest BCUT2D eigenvalue weighted by Crippen LogP contribution is 2.77. The normalized spacial score (nSPS) is 41.5. The van der Waals surface area contributed by atoms with Crippen molar-refractivity contribution in [2.45, 2.75) is 139 Å². The Morgan fingerprint density at radius 2 is 1.46 bits per heavy atom. The summed E-state index contributed by atoms with van der Waals surface area (Å²) >= 11 is 0. The van der Waals surface area contributed by atoms with Crippen LogP contribution in [-0.4, -0.2) is 34.9 Å². The molecule has 52 heavy (non-hydrogen) atoms. The number of allylic oxidation sites excluding steroid dienone is 1. The second-order valence-electron chi connectivity index (χ2n) is 20.1. The maximum atomic E-state index is 13.9. The van der Waals surface area contributed by atoms with Crippen molar-refractivity contribution in [1.82, 2.24) is 0 Å². The molecule has 1 aromatic carbocycles. The zero-order valence-electron chi connectivity index (χ0n) is 33.1. The SMILES string of the molecule is CC(C)C1=C2[C@H]3CC[C@@H]4[C@@]5(C)CC[C@H](OC(=O)[C@H]6C[C@@H](C(=O)OCc7ccccc7)C6(C)C)C(C)(C)[C@@H]5CC[C@@]4(C)[C@]3(C)CCC2(C(=O)O)CC1=O. The van der Waals surface area contributed by atoms with E-state index in [1.54, 1.807) is 0 Å². The van der Waals surface area contributed by atoms with Gasteiger partial charge in [0.15, 0.2) is 5.78 Å². The van der Waals surface area contributed by atoms with E-state index in [1.165, 1.54) is 0 Å². The van der Waals surface area contributed by atoms with Crippen molar-refractivity contribution >= 4 is 23.7 Å². The average molecular weight is 715 g/mol. The van der Waals surface area contributed by atoms with Crippen LogP contribution in [0.3, 0.4) is 0 Å². The van der Waals surface area contributed by atoms with E-state index in [4.69, 9.17) is 9.47 Å². The van der Waals surface area contributed by atoms with Gasteiger partial charge in [0, 0.05) is 11.8 Å². The van der Waals surface area contributed by atoms with Gasteiger partial charge in [0.25, 0.3) is 0 Å². The predicted molar refractivity (Wildman–Crippen MR) is 199 cm³/mol. The summed E-state index contributed by atoms with van der Waals surface area (Å²) in [6.45, 7) is 20.4. The third-order valence-electron chi connectivity index (χ3n) is 17.1. The van der Waals surface area contributed by atoms with Gasteiger partial charge in [0.1, 0.15) is 12.7 Å². The lowest BCUT2D eigenvalue weighted by Gasteiger charge is -2.72. The van der Waals surface area contributed by atoms with Crippen LogP contribution in [0, 0.1) is 68.0 Å². The lowest BCUT2D eigenvalue weighted by atomic mass is 9.33. The Morgan fingerprint density at radius 3 is 2.10 bits per heavy atom. The van der Waals surface area contributed by atoms with E-state index in [0.29, 0.717) is 24.7 Å². The van der Waals surface area contributed by atoms with Gasteiger partial charge in [-0.3, -0.25) is 19.2 Å². The molecule has 6 aliphatic carbocycles. The van der Waals surface area contributed by atoms with Gasteiger partial charge in [-0.1, -0.05) is 92.6 Å². The Labute approximate surface area is 311 Å². The molecule has 0 radical (unpaired) electrons. The number of rotatable bonds is 7. The number of carboxylic acid groups (broad SMARTS) is 1. The highest BCUT2D eigenvalue weighted by Gasteiger charge is 2.71. The van der Waals surface area contributed by atoms with Gasteiger partial charge >= 0.3 is 17.9 Å². The number of hydrogen-bond acceptors (Lipinski definition) is 6. The Balaban J connectivity index is 1.07. The van der Waals surface area contributed by atoms with Crippen LogP contribution in [0.15, 0.2) is 41.5 Å². The minimum Gasteiger partial charge on any atom is -0.481 e. The van der Waals surface area contributed by atoms with Crippen LogP contribution in [0.2, 0.25) is 0 Å². The van der Waals surface area contributed by atoms with Gasteiger partial charge in [0.05, 0.1) is 17.3 Å². The smallest absolute Gasteiger partial charge is 0.314 e. The van der Waals surface area contributed by atoms with Crippen LogP contribution in [0.5, 0.6) is 0 Å². The number of Topliss-reactive ketones (excluding diaryl/α,β-unsaturated/α-hetero) is 1. The van der Waals surface area contributed by atoms with E-state index in [1.807, 2.05) is 44.2 Å². The molecular weight excluding hydrogens is 652 g/mol. The molecule has 1 aromatic rings. The number of hydrogen-bond donors (Lipinski definition) is 1. The number of aliphatic carboxylic acids is 1. The van der Waals surface area contributed by atoms with Gasteiger partial charge in [-0.05, 0) is 120 Å². The van der Waals surface area contributed by atoms with E-state index in [-0.39, 0.29) is 82.2 Å². The van der Waals surface area contributed by atoms with Crippen molar-refractivity contribution in [2.24, 2.45) is 68.0 Å². The second kappa shape index (κ2) is 12.3. The first-order valence-corrected chi connectivity index (χ1v) is 20.2. The fourth-order valence-corrected chi connectivity index (χ4v) is 13.8. The first kappa shape index (κ1) is 37.4. The summed E-state index contributed by atoms with van der Waals surface area (Å²) in [4.78, 5) is 53.4. The molecule has 0 spiro atoms. The third-order valence-corrected chi connectivity index (χ3v) is 17.1. The molecular formula is C45H62O7. The van der Waals surface area contributed by atoms with Crippen LogP contribution < -0.4 is 0 Å². The molecule has 5 fully saturated rings. The van der Waals surface area contributed by atoms with Gasteiger partial charge in [0.2, 0.25) is 0 Å². The van der Waals surface area contributed by atoms with E-state index >= 15 is 0 Å². The van der Waals surface area contributed by atoms with Gasteiger partial charge < -0.3 is 14.6 Å². The zero-order chi connectivity index (χ0) is 37.8. The van der Waals surface area contributed by atoms with Crippen LogP contribution in [0.25, 0.3) is 0 Å². The fraction of sp³-hybridized carbons (Fsp3) is 0.733. The molecule has 0 bridgehead atoms. The maximum absolute atomic E-state index is 13.9. The summed E-state index contributed by atoms with van der Waals surface area (Å²) in [6.07, 6.45) is 7.62. The Hall–Kier alpha value is -2.96. The highest BCUT2D eigenvalue weighted by atomic mass is 16.5. The quantitative estimate of drug-likeness (QED) is 0.281. The molecule has 5 saturated carbocycles. The van der Waals surface area contributed by atoms with Crippen molar-refractivity contribution in [1.29, 1.82) is 0 Å². The molecule has 6 aliphatic rings. The fourth-order valence-electron chi connectivity index (χ4n) is 13.8. The molecule has 0 saturated heterocycles. The molecule has 7 nitrogen and oxygen atoms in total. The summed E-state index contributed by atoms with van der Waals surface area (Å²) in [5.74, 6) is -0.895. The van der Waals surface area contributed by atoms with Gasteiger partial charge in [-0.15, -0.1) is 0 Å². The molecule has 10 atom stereocenters. The largest absolute Gasteiger partial charge is 0.481 e. The van der Waals surface area contributed by atoms with E-state index in [0.717, 1.165) is 61.7 Å². The molecule has 0 aliphatic heterocycles. The summed E-state index contributed by atoms with van der Waals surface area (Å²) in [5.41, 5.74) is 0.924. The molecule has 1 unspecified atom stereocenters. The summed E-state index contributed by atoms with van der Waals surface area (Å²) in [5, 5.41) is 10.7. The van der Waals surface area contributed by atoms with Crippen molar-refractivity contribution in [3.8, 4) is 0 Å². The molecule has 7 heteroatoms. The predicted octanol–water partition coefficient (Wildman–Crippen LogP) is 9.37. The van der Waals surface area contributed by atoms with E-state index in [9.17, 15) is 24.3 Å². The zero-order valence-corrected chi connectivity index (χ0v) is 33.1. The van der Waals surface area contributed by atoms with Crippen molar-refractivity contribution < 1.29 is 33.8 Å². The van der Waals surface area contributed by atoms with Crippen LogP contribution in [0.4, 0.5) is 0 Å². The van der Waals surface area contributed by atoms with E-state index in [2.05, 4.69) is 48.5 Å². The lowest BCUT2D eigenvalue weighted by molar-refractivity contribution is -0.236. The molecule has 0 aromatic heterocycles. The minimum absolute atomic E-state index is 0.00619. The lowest BCUT2D eigenvalue weighted by Crippen LogP contribution is -2.66. The monoisotopic (exact) mass is 714 g/mol. The first-order chi connectivity index (χ1) is 24.3. The molecule has 7 rings (SSSR count). The number of carbonyl (C=O) groups excluding carboxylic acids is 3. The van der Waals surface area contributed by atoms with Crippen molar-refractivity contribution in [3.63, 3.8) is 0 Å². The topological polar surface area (TPSA) is 107 Å².